The van der Waals surface area contributed by atoms with Gasteiger partial charge in [-0.1, -0.05) is 13.8 Å². The average molecular weight is 318 g/mol. The van der Waals surface area contributed by atoms with Gasteiger partial charge in [-0.05, 0) is 5.56 Å². The third-order valence-corrected chi connectivity index (χ3v) is 3.87. The van der Waals surface area contributed by atoms with E-state index in [1.54, 1.807) is 10.9 Å². The Morgan fingerprint density at radius 1 is 1.52 bits per heavy atom. The smallest absolute Gasteiger partial charge is 0.227 e. The number of aromatic nitrogens is 5. The number of rotatable bonds is 4. The quantitative estimate of drug-likeness (QED) is 0.901. The van der Waals surface area contributed by atoms with Crippen LogP contribution in [0.2, 0.25) is 0 Å². The predicted molar refractivity (Wildman–Crippen MR) is 82.7 cm³/mol. The molecule has 8 heteroatoms. The molecule has 2 aromatic rings. The maximum Gasteiger partial charge on any atom is 0.227 e. The molecule has 0 radical (unpaired) electrons. The number of nitrogens with zero attached hydrogens (tertiary/aromatic N) is 5. The highest BCUT2D eigenvalue weighted by Crippen LogP contribution is 2.21. The van der Waals surface area contributed by atoms with Crippen LogP contribution in [-0.4, -0.2) is 55.5 Å². The van der Waals surface area contributed by atoms with Gasteiger partial charge in [0.1, 0.15) is 6.10 Å². The number of carbonyl (C=O) groups is 1. The fraction of sp³-hybridized carbons (Fsp3) is 0.600. The van der Waals surface area contributed by atoms with Crippen molar-refractivity contribution in [3.05, 3.63) is 29.6 Å². The number of amides is 1. The molecule has 0 saturated carbocycles. The predicted octanol–water partition coefficient (Wildman–Crippen LogP) is 0.804. The molecule has 23 heavy (non-hydrogen) atoms. The molecule has 1 N–H and O–H groups in total. The van der Waals surface area contributed by atoms with Crippen molar-refractivity contribution < 1.29 is 9.53 Å². The number of hydrogen-bond acceptors (Lipinski definition) is 5. The highest BCUT2D eigenvalue weighted by Gasteiger charge is 2.28. The molecule has 124 valence electrons. The molecule has 0 aromatic carbocycles. The van der Waals surface area contributed by atoms with E-state index in [1.165, 1.54) is 0 Å². The van der Waals surface area contributed by atoms with Gasteiger partial charge in [0.15, 0.2) is 11.6 Å². The Labute approximate surface area is 134 Å². The van der Waals surface area contributed by atoms with E-state index in [4.69, 9.17) is 4.74 Å². The minimum Gasteiger partial charge on any atom is -0.367 e. The maximum absolute atomic E-state index is 12.5. The van der Waals surface area contributed by atoms with Crippen molar-refractivity contribution >= 4 is 5.91 Å². The van der Waals surface area contributed by atoms with E-state index in [-0.39, 0.29) is 17.9 Å². The second-order valence-corrected chi connectivity index (χ2v) is 6.13. The Morgan fingerprint density at radius 2 is 2.35 bits per heavy atom. The van der Waals surface area contributed by atoms with Crippen LogP contribution in [0.25, 0.3) is 0 Å². The molecule has 0 aliphatic carbocycles. The molecular weight excluding hydrogens is 296 g/mol. The first-order chi connectivity index (χ1) is 11.0. The highest BCUT2D eigenvalue weighted by atomic mass is 16.5. The average Bonchev–Trinajstić information content (AvgIpc) is 3.17. The van der Waals surface area contributed by atoms with E-state index in [0.717, 1.165) is 11.4 Å². The lowest BCUT2D eigenvalue weighted by Crippen LogP contribution is -2.43. The summed E-state index contributed by atoms with van der Waals surface area (Å²) < 4.78 is 7.45. The summed E-state index contributed by atoms with van der Waals surface area (Å²) in [7, 11) is 1.84. The molecule has 1 saturated heterocycles. The van der Waals surface area contributed by atoms with E-state index in [0.29, 0.717) is 31.9 Å². The van der Waals surface area contributed by atoms with Crippen molar-refractivity contribution in [1.82, 2.24) is 29.9 Å². The van der Waals surface area contributed by atoms with Crippen molar-refractivity contribution in [1.29, 1.82) is 0 Å². The monoisotopic (exact) mass is 318 g/mol. The third-order valence-electron chi connectivity index (χ3n) is 3.87. The summed E-state index contributed by atoms with van der Waals surface area (Å²) in [6.07, 6.45) is 3.69. The van der Waals surface area contributed by atoms with Crippen LogP contribution >= 0.6 is 0 Å². The SMILES string of the molecule is CC(C)c1n[nH]c(C2CN(C(=O)Cc3cnn(C)c3)CCO2)n1. The van der Waals surface area contributed by atoms with E-state index >= 15 is 0 Å². The minimum absolute atomic E-state index is 0.0786. The number of aryl methyl sites for hydroxylation is 1. The number of nitrogens with one attached hydrogen (secondary N) is 1. The lowest BCUT2D eigenvalue weighted by Gasteiger charge is -2.31. The molecule has 8 nitrogen and oxygen atoms in total. The van der Waals surface area contributed by atoms with E-state index in [2.05, 4.69) is 20.3 Å². The number of ether oxygens (including phenoxy) is 1. The van der Waals surface area contributed by atoms with Gasteiger partial charge in [-0.15, -0.1) is 0 Å². The third kappa shape index (κ3) is 3.58. The van der Waals surface area contributed by atoms with E-state index in [9.17, 15) is 4.79 Å². The Balaban J connectivity index is 1.64. The molecule has 3 heterocycles. The Morgan fingerprint density at radius 3 is 3.00 bits per heavy atom. The van der Waals surface area contributed by atoms with Gasteiger partial charge < -0.3 is 9.64 Å². The topological polar surface area (TPSA) is 88.9 Å². The van der Waals surface area contributed by atoms with Crippen LogP contribution in [0.3, 0.4) is 0 Å². The summed E-state index contributed by atoms with van der Waals surface area (Å²) in [4.78, 5) is 18.7. The van der Waals surface area contributed by atoms with Crippen molar-refractivity contribution in [3.8, 4) is 0 Å². The summed E-state index contributed by atoms with van der Waals surface area (Å²) in [6, 6.07) is 0. The fourth-order valence-corrected chi connectivity index (χ4v) is 2.58. The molecule has 1 unspecified atom stereocenters. The molecule has 1 aliphatic heterocycles. The zero-order chi connectivity index (χ0) is 16.4. The first-order valence-corrected chi connectivity index (χ1v) is 7.82. The molecule has 1 fully saturated rings. The Kier molecular flexibility index (Phi) is 4.42. The van der Waals surface area contributed by atoms with Crippen molar-refractivity contribution in [2.75, 3.05) is 19.7 Å². The number of aromatic amines is 1. The molecule has 1 atom stereocenters. The summed E-state index contributed by atoms with van der Waals surface area (Å²) in [5.74, 6) is 1.79. The first-order valence-electron chi connectivity index (χ1n) is 7.82. The second-order valence-electron chi connectivity index (χ2n) is 6.13. The van der Waals surface area contributed by atoms with Gasteiger partial charge in [-0.3, -0.25) is 14.6 Å². The first kappa shape index (κ1) is 15.7. The molecule has 0 bridgehead atoms. The summed E-state index contributed by atoms with van der Waals surface area (Å²) in [5, 5.41) is 11.2. The number of morpholine rings is 1. The van der Waals surface area contributed by atoms with E-state index in [1.807, 2.05) is 32.0 Å². The molecule has 1 amide bonds. The Bertz CT molecular complexity index is 677. The fourth-order valence-electron chi connectivity index (χ4n) is 2.58. The zero-order valence-electron chi connectivity index (χ0n) is 13.7. The van der Waals surface area contributed by atoms with Crippen LogP contribution in [0.4, 0.5) is 0 Å². The lowest BCUT2D eigenvalue weighted by molar-refractivity contribution is -0.138. The van der Waals surface area contributed by atoms with Crippen LogP contribution in [0.15, 0.2) is 12.4 Å². The lowest BCUT2D eigenvalue weighted by atomic mass is 10.2. The Hall–Kier alpha value is -2.22. The van der Waals surface area contributed by atoms with Crippen molar-refractivity contribution in [2.45, 2.75) is 32.3 Å². The highest BCUT2D eigenvalue weighted by molar-refractivity contribution is 5.78. The second kappa shape index (κ2) is 6.49. The van der Waals surface area contributed by atoms with Gasteiger partial charge in [-0.25, -0.2) is 4.98 Å². The molecule has 0 spiro atoms. The van der Waals surface area contributed by atoms with Crippen LogP contribution < -0.4 is 0 Å². The molecule has 2 aromatic heterocycles. The van der Waals surface area contributed by atoms with Gasteiger partial charge >= 0.3 is 0 Å². The largest absolute Gasteiger partial charge is 0.367 e. The maximum atomic E-state index is 12.5. The molecule has 1 aliphatic rings. The summed E-state index contributed by atoms with van der Waals surface area (Å²) >= 11 is 0. The number of H-pyrrole nitrogens is 1. The van der Waals surface area contributed by atoms with Gasteiger partial charge in [-0.2, -0.15) is 10.2 Å². The van der Waals surface area contributed by atoms with Crippen LogP contribution in [-0.2, 0) is 23.0 Å². The molecule has 3 rings (SSSR count). The van der Waals surface area contributed by atoms with Gasteiger partial charge in [0.25, 0.3) is 0 Å². The van der Waals surface area contributed by atoms with Gasteiger partial charge in [0.2, 0.25) is 5.91 Å². The van der Waals surface area contributed by atoms with Crippen LogP contribution in [0.1, 0.15) is 43.1 Å². The number of carbonyl (C=O) groups excluding carboxylic acids is 1. The van der Waals surface area contributed by atoms with Crippen LogP contribution in [0, 0.1) is 0 Å². The minimum atomic E-state index is -0.249. The van der Waals surface area contributed by atoms with Crippen molar-refractivity contribution in [2.24, 2.45) is 7.05 Å². The summed E-state index contributed by atoms with van der Waals surface area (Å²) in [5.41, 5.74) is 0.919. The normalized spacial score (nSPS) is 18.6. The van der Waals surface area contributed by atoms with Crippen molar-refractivity contribution in [3.63, 3.8) is 0 Å². The van der Waals surface area contributed by atoms with Gasteiger partial charge in [0, 0.05) is 25.7 Å². The standard InChI is InChI=1S/C15H22N6O2/c1-10(2)14-17-15(19-18-14)12-9-21(4-5-23-12)13(22)6-11-7-16-20(3)8-11/h7-8,10,12H,4-6,9H2,1-3H3,(H,17,18,19). The summed E-state index contributed by atoms with van der Waals surface area (Å²) in [6.45, 7) is 5.67. The molecular formula is C15H22N6O2. The van der Waals surface area contributed by atoms with Gasteiger partial charge in [0.05, 0.1) is 25.8 Å². The number of hydrogen-bond donors (Lipinski definition) is 1. The zero-order valence-corrected chi connectivity index (χ0v) is 13.7. The van der Waals surface area contributed by atoms with Crippen LogP contribution in [0.5, 0.6) is 0 Å². The van der Waals surface area contributed by atoms with E-state index < -0.39 is 0 Å².